The molecule has 2 amide bonds. The Morgan fingerprint density at radius 2 is 1.75 bits per heavy atom. The summed E-state index contributed by atoms with van der Waals surface area (Å²) >= 11 is 1.71. The predicted octanol–water partition coefficient (Wildman–Crippen LogP) is 0.230. The van der Waals surface area contributed by atoms with Gasteiger partial charge in [0, 0.05) is 23.5 Å². The van der Waals surface area contributed by atoms with Crippen molar-refractivity contribution in [2.75, 3.05) is 6.54 Å². The number of carbonyl (C=O) groups excluding carboxylic acids is 3. The molecule has 0 radical (unpaired) electrons. The van der Waals surface area contributed by atoms with Gasteiger partial charge in [0.15, 0.2) is 0 Å². The Bertz CT molecular complexity index is 376. The number of amides is 2. The summed E-state index contributed by atoms with van der Waals surface area (Å²) < 4.78 is 0. The topological polar surface area (TPSA) is 54.5 Å². The van der Waals surface area contributed by atoms with Crippen molar-refractivity contribution in [3.8, 4) is 0 Å². The van der Waals surface area contributed by atoms with Crippen LogP contribution >= 0.6 is 11.8 Å². The van der Waals surface area contributed by atoms with Gasteiger partial charge in [0.1, 0.15) is 6.29 Å². The van der Waals surface area contributed by atoms with Crippen molar-refractivity contribution >= 4 is 29.9 Å². The van der Waals surface area contributed by atoms with E-state index in [2.05, 4.69) is 0 Å². The average Bonchev–Trinajstić information content (AvgIpc) is 2.92. The minimum Gasteiger partial charge on any atom is -0.303 e. The standard InChI is InChI=1S/C11H11NO3S/c13-5-1-4-12-10(14)8-6-2-3-7(16-6)9(8)11(12)15/h2-3,5-9H,1,4H2. The maximum absolute atomic E-state index is 12.0. The van der Waals surface area contributed by atoms with E-state index in [9.17, 15) is 14.4 Å². The van der Waals surface area contributed by atoms with Crippen LogP contribution in [0.3, 0.4) is 0 Å². The van der Waals surface area contributed by atoms with E-state index in [1.807, 2.05) is 12.2 Å². The van der Waals surface area contributed by atoms with Crippen LogP contribution in [0.4, 0.5) is 0 Å². The molecule has 0 aromatic carbocycles. The summed E-state index contributed by atoms with van der Waals surface area (Å²) in [5.41, 5.74) is 0. The SMILES string of the molecule is O=CCCN1C(=O)C2C3C=CC(S3)C2C1=O. The van der Waals surface area contributed by atoms with E-state index >= 15 is 0 Å². The van der Waals surface area contributed by atoms with E-state index in [1.54, 1.807) is 11.8 Å². The van der Waals surface area contributed by atoms with Crippen LogP contribution in [0.15, 0.2) is 12.2 Å². The molecule has 0 N–H and O–H groups in total. The molecule has 0 spiro atoms. The molecule has 3 aliphatic heterocycles. The van der Waals surface area contributed by atoms with Crippen molar-refractivity contribution in [3.63, 3.8) is 0 Å². The highest BCUT2D eigenvalue weighted by atomic mass is 32.2. The number of imide groups is 1. The molecule has 5 heteroatoms. The molecular formula is C11H11NO3S. The highest BCUT2D eigenvalue weighted by Crippen LogP contribution is 2.53. The molecule has 3 rings (SSSR count). The van der Waals surface area contributed by atoms with Crippen molar-refractivity contribution in [2.45, 2.75) is 16.9 Å². The van der Waals surface area contributed by atoms with Crippen molar-refractivity contribution in [1.29, 1.82) is 0 Å². The van der Waals surface area contributed by atoms with E-state index in [0.29, 0.717) is 0 Å². The molecule has 2 saturated heterocycles. The molecule has 3 aliphatic rings. The van der Waals surface area contributed by atoms with E-state index in [0.717, 1.165) is 6.29 Å². The fraction of sp³-hybridized carbons (Fsp3) is 0.545. The number of rotatable bonds is 3. The molecule has 4 atom stereocenters. The third-order valence-electron chi connectivity index (χ3n) is 3.47. The largest absolute Gasteiger partial charge is 0.303 e. The lowest BCUT2D eigenvalue weighted by molar-refractivity contribution is -0.139. The quantitative estimate of drug-likeness (QED) is 0.400. The van der Waals surface area contributed by atoms with Crippen molar-refractivity contribution in [2.24, 2.45) is 11.8 Å². The third-order valence-corrected chi connectivity index (χ3v) is 5.00. The van der Waals surface area contributed by atoms with Crippen molar-refractivity contribution in [3.05, 3.63) is 12.2 Å². The maximum Gasteiger partial charge on any atom is 0.234 e. The summed E-state index contributed by atoms with van der Waals surface area (Å²) in [5.74, 6) is -0.499. The van der Waals surface area contributed by atoms with Gasteiger partial charge in [-0.05, 0) is 0 Å². The Morgan fingerprint density at radius 3 is 2.25 bits per heavy atom. The van der Waals surface area contributed by atoms with Gasteiger partial charge in [-0.15, -0.1) is 11.8 Å². The zero-order valence-electron chi connectivity index (χ0n) is 8.54. The Hall–Kier alpha value is -1.10. The van der Waals surface area contributed by atoms with Gasteiger partial charge in [-0.1, -0.05) is 12.2 Å². The average molecular weight is 237 g/mol. The number of aldehydes is 1. The number of thioether (sulfide) groups is 1. The first-order valence-electron chi connectivity index (χ1n) is 5.36. The molecular weight excluding hydrogens is 226 g/mol. The first kappa shape index (κ1) is 10.1. The minimum atomic E-state index is -0.167. The van der Waals surface area contributed by atoms with Gasteiger partial charge in [-0.2, -0.15) is 0 Å². The molecule has 0 saturated carbocycles. The smallest absolute Gasteiger partial charge is 0.234 e. The molecule has 2 bridgehead atoms. The first-order chi connectivity index (χ1) is 7.74. The Morgan fingerprint density at radius 1 is 1.19 bits per heavy atom. The van der Waals surface area contributed by atoms with Gasteiger partial charge >= 0.3 is 0 Å². The molecule has 84 valence electrons. The van der Waals surface area contributed by atoms with Crippen LogP contribution in [-0.4, -0.2) is 40.0 Å². The number of carbonyl (C=O) groups is 3. The van der Waals surface area contributed by atoms with Gasteiger partial charge in [0.25, 0.3) is 0 Å². The maximum atomic E-state index is 12.0. The monoisotopic (exact) mass is 237 g/mol. The normalized spacial score (nSPS) is 39.6. The van der Waals surface area contributed by atoms with Crippen LogP contribution < -0.4 is 0 Å². The second kappa shape index (κ2) is 3.45. The van der Waals surface area contributed by atoms with E-state index in [4.69, 9.17) is 0 Å². The second-order valence-electron chi connectivity index (χ2n) is 4.29. The molecule has 16 heavy (non-hydrogen) atoms. The Balaban J connectivity index is 1.86. The van der Waals surface area contributed by atoms with E-state index < -0.39 is 0 Å². The lowest BCUT2D eigenvalue weighted by Gasteiger charge is -2.15. The number of fused-ring (bicyclic) bond motifs is 5. The Kier molecular flexibility index (Phi) is 2.17. The zero-order valence-corrected chi connectivity index (χ0v) is 9.35. The minimum absolute atomic E-state index is 0.0822. The van der Waals surface area contributed by atoms with E-state index in [1.165, 1.54) is 4.90 Å². The molecule has 0 aliphatic carbocycles. The summed E-state index contributed by atoms with van der Waals surface area (Å²) in [6.45, 7) is 0.248. The fourth-order valence-corrected chi connectivity index (χ4v) is 4.40. The molecule has 2 fully saturated rings. The summed E-state index contributed by atoms with van der Waals surface area (Å²) in [6, 6.07) is 0. The molecule has 4 unspecified atom stereocenters. The van der Waals surface area contributed by atoms with Gasteiger partial charge < -0.3 is 4.79 Å². The van der Waals surface area contributed by atoms with Crippen LogP contribution in [0.1, 0.15) is 6.42 Å². The lowest BCUT2D eigenvalue weighted by Crippen LogP contribution is -2.34. The fourth-order valence-electron chi connectivity index (χ4n) is 2.77. The van der Waals surface area contributed by atoms with Gasteiger partial charge in [-0.25, -0.2) is 0 Å². The van der Waals surface area contributed by atoms with Crippen LogP contribution in [-0.2, 0) is 14.4 Å². The van der Waals surface area contributed by atoms with Crippen LogP contribution in [0.2, 0.25) is 0 Å². The van der Waals surface area contributed by atoms with Crippen LogP contribution in [0.25, 0.3) is 0 Å². The van der Waals surface area contributed by atoms with Crippen molar-refractivity contribution in [1.82, 2.24) is 4.90 Å². The zero-order chi connectivity index (χ0) is 11.3. The number of hydrogen-bond acceptors (Lipinski definition) is 4. The highest BCUT2D eigenvalue weighted by Gasteiger charge is 2.59. The first-order valence-corrected chi connectivity index (χ1v) is 6.31. The number of likely N-dealkylation sites (tertiary alicyclic amines) is 1. The lowest BCUT2D eigenvalue weighted by atomic mass is 9.85. The highest BCUT2D eigenvalue weighted by molar-refractivity contribution is 8.01. The molecule has 4 nitrogen and oxygen atoms in total. The number of hydrogen-bond donors (Lipinski definition) is 0. The Labute approximate surface area is 97.0 Å². The number of nitrogens with zero attached hydrogens (tertiary/aromatic N) is 1. The predicted molar refractivity (Wildman–Crippen MR) is 58.7 cm³/mol. The third kappa shape index (κ3) is 1.15. The second-order valence-corrected chi connectivity index (χ2v) is 5.65. The summed E-state index contributed by atoms with van der Waals surface area (Å²) in [6.07, 6.45) is 5.05. The van der Waals surface area contributed by atoms with Gasteiger partial charge in [0.2, 0.25) is 11.8 Å². The van der Waals surface area contributed by atoms with Gasteiger partial charge in [0.05, 0.1) is 11.8 Å². The van der Waals surface area contributed by atoms with Crippen LogP contribution in [0.5, 0.6) is 0 Å². The van der Waals surface area contributed by atoms with Gasteiger partial charge in [-0.3, -0.25) is 14.5 Å². The van der Waals surface area contributed by atoms with E-state index in [-0.39, 0.29) is 47.1 Å². The summed E-state index contributed by atoms with van der Waals surface area (Å²) in [5, 5.41) is 0.348. The molecule has 0 aromatic heterocycles. The molecule has 0 aromatic rings. The summed E-state index contributed by atoms with van der Waals surface area (Å²) in [4.78, 5) is 35.6. The molecule has 3 heterocycles. The summed E-state index contributed by atoms with van der Waals surface area (Å²) in [7, 11) is 0. The van der Waals surface area contributed by atoms with Crippen molar-refractivity contribution < 1.29 is 14.4 Å². The van der Waals surface area contributed by atoms with Crippen LogP contribution in [0, 0.1) is 11.8 Å².